The molecule has 1 atom stereocenters. The quantitative estimate of drug-likeness (QED) is 0.940. The van der Waals surface area contributed by atoms with Gasteiger partial charge in [0.2, 0.25) is 11.7 Å². The molecule has 0 aliphatic heterocycles. The minimum Gasteiger partial charge on any atom is -0.337 e. The first-order valence-electron chi connectivity index (χ1n) is 5.05. The SMILES string of the molecule is CCC[C@H](N)c1nc(-c2ccc(Br)s2)no1. The molecule has 0 amide bonds. The molecule has 4 nitrogen and oxygen atoms in total. The van der Waals surface area contributed by atoms with Crippen LogP contribution in [0.2, 0.25) is 0 Å². The van der Waals surface area contributed by atoms with Gasteiger partial charge in [0, 0.05) is 0 Å². The highest BCUT2D eigenvalue weighted by Crippen LogP contribution is 2.30. The molecule has 0 aliphatic carbocycles. The summed E-state index contributed by atoms with van der Waals surface area (Å²) in [5, 5.41) is 3.93. The van der Waals surface area contributed by atoms with Gasteiger partial charge in [-0.15, -0.1) is 11.3 Å². The van der Waals surface area contributed by atoms with Crippen LogP contribution in [0.4, 0.5) is 0 Å². The van der Waals surface area contributed by atoms with Crippen LogP contribution in [-0.2, 0) is 0 Å². The molecule has 0 bridgehead atoms. The topological polar surface area (TPSA) is 64.9 Å². The van der Waals surface area contributed by atoms with Crippen molar-refractivity contribution < 1.29 is 4.52 Å². The highest BCUT2D eigenvalue weighted by atomic mass is 79.9. The Morgan fingerprint density at radius 1 is 1.56 bits per heavy atom. The van der Waals surface area contributed by atoms with Crippen molar-refractivity contribution in [3.05, 3.63) is 21.8 Å². The predicted molar refractivity (Wildman–Crippen MR) is 67.1 cm³/mol. The molecule has 0 aromatic carbocycles. The summed E-state index contributed by atoms with van der Waals surface area (Å²) in [7, 11) is 0. The van der Waals surface area contributed by atoms with Crippen LogP contribution >= 0.6 is 27.3 Å². The largest absolute Gasteiger partial charge is 0.337 e. The van der Waals surface area contributed by atoms with E-state index in [2.05, 4.69) is 33.0 Å². The molecule has 16 heavy (non-hydrogen) atoms. The molecule has 0 saturated carbocycles. The van der Waals surface area contributed by atoms with Gasteiger partial charge in [-0.3, -0.25) is 0 Å². The maximum absolute atomic E-state index is 5.90. The van der Waals surface area contributed by atoms with E-state index in [9.17, 15) is 0 Å². The maximum atomic E-state index is 5.90. The van der Waals surface area contributed by atoms with Crippen molar-refractivity contribution >= 4 is 27.3 Å². The molecule has 86 valence electrons. The van der Waals surface area contributed by atoms with Gasteiger partial charge < -0.3 is 10.3 Å². The van der Waals surface area contributed by atoms with Gasteiger partial charge in [-0.1, -0.05) is 18.5 Å². The molecule has 2 aromatic rings. The number of nitrogens with two attached hydrogens (primary N) is 1. The van der Waals surface area contributed by atoms with Crippen LogP contribution < -0.4 is 5.73 Å². The van der Waals surface area contributed by atoms with E-state index in [4.69, 9.17) is 10.3 Å². The summed E-state index contributed by atoms with van der Waals surface area (Å²) in [6.45, 7) is 2.08. The van der Waals surface area contributed by atoms with Gasteiger partial charge in [-0.05, 0) is 34.5 Å². The Hall–Kier alpha value is -0.720. The maximum Gasteiger partial charge on any atom is 0.243 e. The number of hydrogen-bond donors (Lipinski definition) is 1. The summed E-state index contributed by atoms with van der Waals surface area (Å²) in [6, 6.07) is 3.76. The van der Waals surface area contributed by atoms with Crippen LogP contribution in [0.25, 0.3) is 10.7 Å². The van der Waals surface area contributed by atoms with Crippen molar-refractivity contribution in [2.75, 3.05) is 0 Å². The van der Waals surface area contributed by atoms with Gasteiger partial charge in [-0.25, -0.2) is 0 Å². The van der Waals surface area contributed by atoms with Crippen LogP contribution in [-0.4, -0.2) is 10.1 Å². The molecule has 0 saturated heterocycles. The molecule has 2 N–H and O–H groups in total. The fraction of sp³-hybridized carbons (Fsp3) is 0.400. The molecule has 2 aromatic heterocycles. The van der Waals surface area contributed by atoms with Crippen molar-refractivity contribution in [2.24, 2.45) is 5.73 Å². The summed E-state index contributed by atoms with van der Waals surface area (Å²) in [6.07, 6.45) is 1.86. The minimum absolute atomic E-state index is 0.158. The second kappa shape index (κ2) is 5.07. The van der Waals surface area contributed by atoms with Crippen LogP contribution in [0, 0.1) is 0 Å². The monoisotopic (exact) mass is 301 g/mol. The second-order valence-electron chi connectivity index (χ2n) is 3.46. The Kier molecular flexibility index (Phi) is 3.73. The summed E-state index contributed by atoms with van der Waals surface area (Å²) in [5.74, 6) is 1.12. The Bertz CT molecular complexity index is 468. The number of nitrogens with zero attached hydrogens (tertiary/aromatic N) is 2. The first-order valence-corrected chi connectivity index (χ1v) is 6.66. The summed E-state index contributed by atoms with van der Waals surface area (Å²) in [5.41, 5.74) is 5.90. The van der Waals surface area contributed by atoms with Crippen LogP contribution in [0.15, 0.2) is 20.4 Å². The van der Waals surface area contributed by atoms with E-state index in [1.807, 2.05) is 12.1 Å². The van der Waals surface area contributed by atoms with Crippen molar-refractivity contribution in [3.63, 3.8) is 0 Å². The van der Waals surface area contributed by atoms with Gasteiger partial charge in [0.05, 0.1) is 14.7 Å². The van der Waals surface area contributed by atoms with Crippen LogP contribution in [0.1, 0.15) is 31.7 Å². The zero-order valence-electron chi connectivity index (χ0n) is 8.81. The molecule has 0 radical (unpaired) electrons. The summed E-state index contributed by atoms with van der Waals surface area (Å²) < 4.78 is 6.20. The molecule has 0 unspecified atom stereocenters. The normalized spacial score (nSPS) is 12.9. The standard InChI is InChI=1S/C10H12BrN3OS/c1-2-3-6(12)10-13-9(14-15-10)7-4-5-8(11)16-7/h4-6H,2-3,12H2,1H3/t6-/m0/s1. The van der Waals surface area contributed by atoms with E-state index in [-0.39, 0.29) is 6.04 Å². The number of aromatic nitrogens is 2. The predicted octanol–water partition coefficient (Wildman–Crippen LogP) is 3.36. The first-order chi connectivity index (χ1) is 7.70. The Morgan fingerprint density at radius 2 is 2.38 bits per heavy atom. The van der Waals surface area contributed by atoms with E-state index < -0.39 is 0 Å². The Morgan fingerprint density at radius 3 is 3.00 bits per heavy atom. The second-order valence-corrected chi connectivity index (χ2v) is 5.92. The number of thiophene rings is 1. The van der Waals surface area contributed by atoms with Gasteiger partial charge in [0.15, 0.2) is 0 Å². The highest BCUT2D eigenvalue weighted by Gasteiger charge is 2.15. The van der Waals surface area contributed by atoms with E-state index >= 15 is 0 Å². The van der Waals surface area contributed by atoms with Crippen molar-refractivity contribution in [3.8, 4) is 10.7 Å². The smallest absolute Gasteiger partial charge is 0.243 e. The number of hydrogen-bond acceptors (Lipinski definition) is 5. The van der Waals surface area contributed by atoms with Gasteiger partial charge in [-0.2, -0.15) is 4.98 Å². The lowest BCUT2D eigenvalue weighted by Gasteiger charge is -2.01. The molecule has 2 rings (SSSR count). The van der Waals surface area contributed by atoms with Crippen LogP contribution in [0.5, 0.6) is 0 Å². The van der Waals surface area contributed by atoms with Gasteiger partial charge >= 0.3 is 0 Å². The third-order valence-electron chi connectivity index (χ3n) is 2.15. The minimum atomic E-state index is -0.158. The van der Waals surface area contributed by atoms with E-state index in [1.165, 1.54) is 0 Å². The number of halogens is 1. The van der Waals surface area contributed by atoms with Crippen molar-refractivity contribution in [2.45, 2.75) is 25.8 Å². The average Bonchev–Trinajstić information content (AvgIpc) is 2.85. The summed E-state index contributed by atoms with van der Waals surface area (Å²) >= 11 is 4.97. The third-order valence-corrected chi connectivity index (χ3v) is 3.77. The lowest BCUT2D eigenvalue weighted by Crippen LogP contribution is -2.09. The molecule has 0 fully saturated rings. The Labute approximate surface area is 106 Å². The summed E-state index contributed by atoms with van der Waals surface area (Å²) in [4.78, 5) is 5.28. The third kappa shape index (κ3) is 2.50. The van der Waals surface area contributed by atoms with Gasteiger partial charge in [0.25, 0.3) is 0 Å². The lowest BCUT2D eigenvalue weighted by atomic mass is 10.2. The lowest BCUT2D eigenvalue weighted by molar-refractivity contribution is 0.348. The van der Waals surface area contributed by atoms with Crippen molar-refractivity contribution in [1.29, 1.82) is 0 Å². The highest BCUT2D eigenvalue weighted by molar-refractivity contribution is 9.11. The zero-order chi connectivity index (χ0) is 11.5. The van der Waals surface area contributed by atoms with Crippen molar-refractivity contribution in [1.82, 2.24) is 10.1 Å². The van der Waals surface area contributed by atoms with Gasteiger partial charge in [0.1, 0.15) is 0 Å². The van der Waals surface area contributed by atoms with E-state index in [0.29, 0.717) is 11.7 Å². The fourth-order valence-corrected chi connectivity index (χ4v) is 2.67. The molecular formula is C10H12BrN3OS. The molecule has 0 spiro atoms. The van der Waals surface area contributed by atoms with E-state index in [0.717, 1.165) is 21.5 Å². The molecule has 0 aliphatic rings. The molecular weight excluding hydrogens is 290 g/mol. The average molecular weight is 302 g/mol. The molecule has 2 heterocycles. The Balaban J connectivity index is 2.19. The number of rotatable bonds is 4. The zero-order valence-corrected chi connectivity index (χ0v) is 11.2. The first kappa shape index (κ1) is 11.8. The van der Waals surface area contributed by atoms with Crippen LogP contribution in [0.3, 0.4) is 0 Å². The molecule has 6 heteroatoms. The fourth-order valence-electron chi connectivity index (χ4n) is 1.35. The van der Waals surface area contributed by atoms with E-state index in [1.54, 1.807) is 11.3 Å².